The first-order chi connectivity index (χ1) is 8.93. The maximum atomic E-state index is 12.6. The second-order valence-electron chi connectivity index (χ2n) is 5.39. The lowest BCUT2D eigenvalue weighted by atomic mass is 10.0. The molecule has 1 aromatic carbocycles. The maximum absolute atomic E-state index is 12.6. The number of hydrogen-bond acceptors (Lipinski definition) is 3. The predicted octanol–water partition coefficient (Wildman–Crippen LogP) is 2.21. The van der Waals surface area contributed by atoms with Crippen molar-refractivity contribution < 1.29 is 8.42 Å². The first-order valence-electron chi connectivity index (χ1n) is 6.75. The topological polar surface area (TPSA) is 49.4 Å². The molecule has 4 nitrogen and oxygen atoms in total. The number of sulfonamides is 1. The Morgan fingerprint density at radius 1 is 1.25 bits per heavy atom. The molecule has 6 heteroatoms. The van der Waals surface area contributed by atoms with Gasteiger partial charge in [-0.1, -0.05) is 26.0 Å². The summed E-state index contributed by atoms with van der Waals surface area (Å²) in [5.74, 6) is 0.412. The molecule has 1 saturated heterocycles. The van der Waals surface area contributed by atoms with Gasteiger partial charge in [0.25, 0.3) is 0 Å². The molecule has 2 rings (SSSR count). The van der Waals surface area contributed by atoms with Crippen LogP contribution in [0.15, 0.2) is 29.2 Å². The summed E-state index contributed by atoms with van der Waals surface area (Å²) in [6.07, 6.45) is 0. The van der Waals surface area contributed by atoms with Gasteiger partial charge >= 0.3 is 0 Å². The van der Waals surface area contributed by atoms with E-state index < -0.39 is 10.0 Å². The lowest BCUT2D eigenvalue weighted by Crippen LogP contribution is -2.52. The van der Waals surface area contributed by atoms with Gasteiger partial charge in [-0.3, -0.25) is 0 Å². The van der Waals surface area contributed by atoms with Crippen LogP contribution >= 0.6 is 12.4 Å². The quantitative estimate of drug-likeness (QED) is 0.929. The Labute approximate surface area is 128 Å². The van der Waals surface area contributed by atoms with Crippen LogP contribution in [0, 0.1) is 0 Å². The SMILES string of the molecule is CC(C)c1ccc(S(=O)(=O)N2CCNC[C@H]2C)cc1.Cl. The first kappa shape index (κ1) is 17.4. The predicted molar refractivity (Wildman–Crippen MR) is 84.0 cm³/mol. The zero-order valence-corrected chi connectivity index (χ0v) is 13.8. The van der Waals surface area contributed by atoms with E-state index in [1.54, 1.807) is 16.4 Å². The Morgan fingerprint density at radius 2 is 1.85 bits per heavy atom. The largest absolute Gasteiger partial charge is 0.314 e. The van der Waals surface area contributed by atoms with E-state index in [0.29, 0.717) is 30.4 Å². The highest BCUT2D eigenvalue weighted by Gasteiger charge is 2.30. The van der Waals surface area contributed by atoms with Crippen LogP contribution in [0.5, 0.6) is 0 Å². The highest BCUT2D eigenvalue weighted by atomic mass is 35.5. The highest BCUT2D eigenvalue weighted by Crippen LogP contribution is 2.22. The van der Waals surface area contributed by atoms with Crippen molar-refractivity contribution in [3.63, 3.8) is 0 Å². The van der Waals surface area contributed by atoms with E-state index >= 15 is 0 Å². The number of rotatable bonds is 3. The number of nitrogens with zero attached hydrogens (tertiary/aromatic N) is 1. The van der Waals surface area contributed by atoms with Gasteiger partial charge in [0.15, 0.2) is 0 Å². The molecular formula is C14H23ClN2O2S. The molecule has 1 heterocycles. The minimum atomic E-state index is -3.36. The van der Waals surface area contributed by atoms with Crippen LogP contribution in [0.3, 0.4) is 0 Å². The zero-order valence-electron chi connectivity index (χ0n) is 12.2. The molecule has 0 amide bonds. The number of piperazine rings is 1. The van der Waals surface area contributed by atoms with Crippen molar-refractivity contribution in [1.82, 2.24) is 9.62 Å². The summed E-state index contributed by atoms with van der Waals surface area (Å²) < 4.78 is 26.7. The van der Waals surface area contributed by atoms with Crippen molar-refractivity contribution in [2.45, 2.75) is 37.6 Å². The Bertz CT molecular complexity index is 529. The summed E-state index contributed by atoms with van der Waals surface area (Å²) in [4.78, 5) is 0.394. The van der Waals surface area contributed by atoms with E-state index in [0.717, 1.165) is 5.56 Å². The second-order valence-corrected chi connectivity index (χ2v) is 7.28. The average molecular weight is 319 g/mol. The summed E-state index contributed by atoms with van der Waals surface area (Å²) in [5, 5.41) is 3.21. The van der Waals surface area contributed by atoms with Gasteiger partial charge in [-0.2, -0.15) is 4.31 Å². The Morgan fingerprint density at radius 3 is 2.35 bits per heavy atom. The summed E-state index contributed by atoms with van der Waals surface area (Å²) in [7, 11) is -3.36. The highest BCUT2D eigenvalue weighted by molar-refractivity contribution is 7.89. The van der Waals surface area contributed by atoms with E-state index in [1.807, 2.05) is 19.1 Å². The molecule has 114 valence electrons. The molecule has 1 aromatic rings. The van der Waals surface area contributed by atoms with Crippen molar-refractivity contribution >= 4 is 22.4 Å². The fourth-order valence-corrected chi connectivity index (χ4v) is 3.97. The molecule has 20 heavy (non-hydrogen) atoms. The van der Waals surface area contributed by atoms with Crippen LogP contribution in [0.1, 0.15) is 32.3 Å². The van der Waals surface area contributed by atoms with Crippen molar-refractivity contribution in [3.05, 3.63) is 29.8 Å². The lowest BCUT2D eigenvalue weighted by molar-refractivity contribution is 0.284. The third-order valence-corrected chi connectivity index (χ3v) is 5.62. The normalized spacial score (nSPS) is 20.7. The fourth-order valence-electron chi connectivity index (χ4n) is 2.34. The van der Waals surface area contributed by atoms with Crippen LogP contribution in [0.4, 0.5) is 0 Å². The van der Waals surface area contributed by atoms with Gasteiger partial charge in [-0.15, -0.1) is 12.4 Å². The van der Waals surface area contributed by atoms with Crippen LogP contribution in [0.2, 0.25) is 0 Å². The van der Waals surface area contributed by atoms with Crippen molar-refractivity contribution in [3.8, 4) is 0 Å². The Kier molecular flexibility index (Phi) is 6.01. The third kappa shape index (κ3) is 3.52. The minimum Gasteiger partial charge on any atom is -0.314 e. The van der Waals surface area contributed by atoms with Crippen LogP contribution < -0.4 is 5.32 Å². The fraction of sp³-hybridized carbons (Fsp3) is 0.571. The molecule has 0 aliphatic carbocycles. The summed E-state index contributed by atoms with van der Waals surface area (Å²) in [5.41, 5.74) is 1.16. The third-order valence-electron chi connectivity index (χ3n) is 3.59. The number of halogens is 1. The molecule has 0 unspecified atom stereocenters. The summed E-state index contributed by atoms with van der Waals surface area (Å²) >= 11 is 0. The van der Waals surface area contributed by atoms with E-state index in [4.69, 9.17) is 0 Å². The molecule has 1 N–H and O–H groups in total. The molecule has 0 radical (unpaired) electrons. The Hall–Kier alpha value is -0.620. The van der Waals surface area contributed by atoms with Crippen LogP contribution in [-0.2, 0) is 10.0 Å². The van der Waals surface area contributed by atoms with Gasteiger partial charge in [0.2, 0.25) is 10.0 Å². The van der Waals surface area contributed by atoms with Gasteiger partial charge in [-0.25, -0.2) is 8.42 Å². The number of hydrogen-bond donors (Lipinski definition) is 1. The second kappa shape index (κ2) is 6.89. The lowest BCUT2D eigenvalue weighted by Gasteiger charge is -2.32. The van der Waals surface area contributed by atoms with Gasteiger partial charge < -0.3 is 5.32 Å². The molecule has 1 aliphatic heterocycles. The van der Waals surface area contributed by atoms with Crippen LogP contribution in [0.25, 0.3) is 0 Å². The molecule has 0 spiro atoms. The van der Waals surface area contributed by atoms with Gasteiger partial charge in [-0.05, 0) is 30.5 Å². The molecule has 1 fully saturated rings. The molecule has 1 atom stereocenters. The standard InChI is InChI=1S/C14H22N2O2S.ClH/c1-11(2)13-4-6-14(7-5-13)19(17,18)16-9-8-15-10-12(16)3;/h4-7,11-12,15H,8-10H2,1-3H3;1H/t12-;/m1./s1. The smallest absolute Gasteiger partial charge is 0.243 e. The maximum Gasteiger partial charge on any atom is 0.243 e. The Balaban J connectivity index is 0.00000200. The van der Waals surface area contributed by atoms with E-state index in [-0.39, 0.29) is 18.4 Å². The van der Waals surface area contributed by atoms with Crippen LogP contribution in [-0.4, -0.2) is 38.4 Å². The molecule has 1 aliphatic rings. The van der Waals surface area contributed by atoms with Gasteiger partial charge in [0.1, 0.15) is 0 Å². The number of nitrogens with one attached hydrogen (secondary N) is 1. The average Bonchev–Trinajstić information content (AvgIpc) is 2.39. The molecule has 0 bridgehead atoms. The monoisotopic (exact) mass is 318 g/mol. The van der Waals surface area contributed by atoms with Crippen molar-refractivity contribution in [2.24, 2.45) is 0 Å². The van der Waals surface area contributed by atoms with Crippen molar-refractivity contribution in [2.75, 3.05) is 19.6 Å². The molecule has 0 aromatic heterocycles. The first-order valence-corrected chi connectivity index (χ1v) is 8.19. The summed E-state index contributed by atoms with van der Waals surface area (Å²) in [6.45, 7) is 8.10. The number of benzene rings is 1. The van der Waals surface area contributed by atoms with Crippen molar-refractivity contribution in [1.29, 1.82) is 0 Å². The van der Waals surface area contributed by atoms with E-state index in [9.17, 15) is 8.42 Å². The minimum absolute atomic E-state index is 0. The zero-order chi connectivity index (χ0) is 14.0. The van der Waals surface area contributed by atoms with Gasteiger partial charge in [0.05, 0.1) is 4.90 Å². The van der Waals surface area contributed by atoms with Gasteiger partial charge in [0, 0.05) is 25.7 Å². The van der Waals surface area contributed by atoms with E-state index in [1.165, 1.54) is 0 Å². The molecular weight excluding hydrogens is 296 g/mol. The summed E-state index contributed by atoms with van der Waals surface area (Å²) in [6, 6.07) is 7.26. The van der Waals surface area contributed by atoms with E-state index in [2.05, 4.69) is 19.2 Å². The molecule has 0 saturated carbocycles.